The zero-order valence-corrected chi connectivity index (χ0v) is 26.0. The maximum absolute atomic E-state index is 14.0. The first-order chi connectivity index (χ1) is 22.7. The topological polar surface area (TPSA) is 107 Å². The summed E-state index contributed by atoms with van der Waals surface area (Å²) >= 11 is 0. The predicted molar refractivity (Wildman–Crippen MR) is 180 cm³/mol. The molecule has 0 amide bonds. The number of nitrogens with zero attached hydrogens (tertiary/aromatic N) is 6. The van der Waals surface area contributed by atoms with E-state index in [0.717, 1.165) is 83.3 Å². The molecule has 0 unspecified atom stereocenters. The lowest BCUT2D eigenvalue weighted by atomic mass is 9.99. The van der Waals surface area contributed by atoms with Gasteiger partial charge in [-0.2, -0.15) is 10.2 Å². The van der Waals surface area contributed by atoms with Crippen molar-refractivity contribution in [1.29, 1.82) is 0 Å². The fourth-order valence-electron chi connectivity index (χ4n) is 7.06. The van der Waals surface area contributed by atoms with Gasteiger partial charge in [0.1, 0.15) is 11.4 Å². The molecule has 2 fully saturated rings. The zero-order valence-electron chi connectivity index (χ0n) is 26.0. The van der Waals surface area contributed by atoms with E-state index in [1.807, 2.05) is 49.1 Å². The van der Waals surface area contributed by atoms with Gasteiger partial charge in [-0.15, -0.1) is 0 Å². The number of likely N-dealkylation sites (tertiary alicyclic amines) is 2. The molecule has 0 bridgehead atoms. The van der Waals surface area contributed by atoms with Gasteiger partial charge in [-0.25, -0.2) is 0 Å². The largest absolute Gasteiger partial charge is 0.299 e. The van der Waals surface area contributed by atoms with Crippen LogP contribution in [0.15, 0.2) is 73.3 Å². The summed E-state index contributed by atoms with van der Waals surface area (Å²) < 4.78 is 0. The van der Waals surface area contributed by atoms with Gasteiger partial charge in [-0.1, -0.05) is 25.0 Å². The van der Waals surface area contributed by atoms with E-state index >= 15 is 0 Å². The third kappa shape index (κ3) is 5.84. The molecule has 2 aliphatic rings. The average Bonchev–Trinajstić information content (AvgIpc) is 3.73. The molecule has 0 aliphatic carbocycles. The molecule has 2 saturated heterocycles. The number of benzene rings is 2. The summed E-state index contributed by atoms with van der Waals surface area (Å²) in [6, 6.07) is 16.6. The highest BCUT2D eigenvalue weighted by Crippen LogP contribution is 2.30. The fourth-order valence-corrected chi connectivity index (χ4v) is 7.06. The standard InChI is InChI=1S/C37H38N8O/c46-37(35-31-17-27(7-9-33(31)40-42-35)29-15-25(19-38-21-29)23-44-11-3-1-4-12-44)36-32-18-28(8-10-34(32)41-43-36)30-16-26(20-39-22-30)24-45-13-5-2-6-14-45/h7-10,15-22H,1-6,11-14,23-24H2,(H,40,42)(H,41,43). The van der Waals surface area contributed by atoms with E-state index in [9.17, 15) is 4.79 Å². The van der Waals surface area contributed by atoms with Crippen LogP contribution in [0.3, 0.4) is 0 Å². The van der Waals surface area contributed by atoms with E-state index in [1.165, 1.54) is 49.7 Å². The number of pyridine rings is 2. The van der Waals surface area contributed by atoms with E-state index in [2.05, 4.69) is 64.4 Å². The molecule has 46 heavy (non-hydrogen) atoms. The lowest BCUT2D eigenvalue weighted by Gasteiger charge is -2.26. The van der Waals surface area contributed by atoms with Crippen LogP contribution in [0.2, 0.25) is 0 Å². The molecular weight excluding hydrogens is 572 g/mol. The number of rotatable bonds is 8. The summed E-state index contributed by atoms with van der Waals surface area (Å²) in [4.78, 5) is 28.2. The Kier molecular flexibility index (Phi) is 7.85. The Hall–Kier alpha value is -4.73. The van der Waals surface area contributed by atoms with Crippen molar-refractivity contribution in [2.75, 3.05) is 26.2 Å². The Labute approximate surface area is 268 Å². The first-order valence-corrected chi connectivity index (χ1v) is 16.5. The summed E-state index contributed by atoms with van der Waals surface area (Å²) in [7, 11) is 0. The molecule has 9 nitrogen and oxygen atoms in total. The number of piperidine rings is 2. The Balaban J connectivity index is 1.08. The second kappa shape index (κ2) is 12.6. The molecule has 4 aromatic heterocycles. The van der Waals surface area contributed by atoms with Crippen LogP contribution in [0.1, 0.15) is 65.8 Å². The van der Waals surface area contributed by atoms with Crippen molar-refractivity contribution in [1.82, 2.24) is 40.2 Å². The molecule has 232 valence electrons. The Morgan fingerprint density at radius 2 is 1.02 bits per heavy atom. The molecule has 0 spiro atoms. The van der Waals surface area contributed by atoms with Gasteiger partial charge in [0.05, 0.1) is 11.0 Å². The van der Waals surface area contributed by atoms with Crippen molar-refractivity contribution < 1.29 is 4.79 Å². The highest BCUT2D eigenvalue weighted by atomic mass is 16.1. The van der Waals surface area contributed by atoms with Gasteiger partial charge < -0.3 is 0 Å². The monoisotopic (exact) mass is 610 g/mol. The van der Waals surface area contributed by atoms with Crippen LogP contribution in [0.4, 0.5) is 0 Å². The minimum atomic E-state index is -0.222. The minimum Gasteiger partial charge on any atom is -0.299 e. The van der Waals surface area contributed by atoms with Gasteiger partial charge in [0, 0.05) is 59.8 Å². The Morgan fingerprint density at radius 3 is 1.48 bits per heavy atom. The molecule has 8 rings (SSSR count). The van der Waals surface area contributed by atoms with Crippen LogP contribution in [-0.4, -0.2) is 72.1 Å². The predicted octanol–water partition coefficient (Wildman–Crippen LogP) is 6.77. The highest BCUT2D eigenvalue weighted by Gasteiger charge is 2.22. The molecule has 0 saturated carbocycles. The van der Waals surface area contributed by atoms with Crippen LogP contribution in [0.25, 0.3) is 44.1 Å². The number of hydrogen-bond acceptors (Lipinski definition) is 7. The zero-order chi connectivity index (χ0) is 30.9. The van der Waals surface area contributed by atoms with Crippen molar-refractivity contribution in [3.63, 3.8) is 0 Å². The van der Waals surface area contributed by atoms with Crippen molar-refractivity contribution >= 4 is 27.6 Å². The third-order valence-corrected chi connectivity index (χ3v) is 9.52. The molecule has 6 heterocycles. The van der Waals surface area contributed by atoms with E-state index in [4.69, 9.17) is 0 Å². The summed E-state index contributed by atoms with van der Waals surface area (Å²) in [5.41, 5.74) is 8.80. The SMILES string of the molecule is O=C(c1n[nH]c2ccc(-c3cncc(CN4CCCCC4)c3)cc12)c1n[nH]c2ccc(-c3cncc(CN4CCCCC4)c3)cc12. The summed E-state index contributed by atoms with van der Waals surface area (Å²) in [5.74, 6) is -0.222. The molecule has 2 aromatic carbocycles. The molecule has 2 aliphatic heterocycles. The normalized spacial score (nSPS) is 16.3. The van der Waals surface area contributed by atoms with Crippen LogP contribution < -0.4 is 0 Å². The maximum atomic E-state index is 14.0. The average molecular weight is 611 g/mol. The van der Waals surface area contributed by atoms with E-state index in [1.54, 1.807) is 0 Å². The van der Waals surface area contributed by atoms with Crippen LogP contribution in [-0.2, 0) is 13.1 Å². The number of H-pyrrole nitrogens is 2. The summed E-state index contributed by atoms with van der Waals surface area (Å²) in [6.45, 7) is 6.38. The smallest absolute Gasteiger partial charge is 0.234 e. The molecule has 2 N–H and O–H groups in total. The third-order valence-electron chi connectivity index (χ3n) is 9.52. The molecule has 9 heteroatoms. The summed E-state index contributed by atoms with van der Waals surface area (Å²) in [6.07, 6.45) is 15.4. The van der Waals surface area contributed by atoms with Gasteiger partial charge in [-0.3, -0.25) is 34.8 Å². The van der Waals surface area contributed by atoms with E-state index in [0.29, 0.717) is 11.4 Å². The van der Waals surface area contributed by atoms with Crippen molar-refractivity contribution in [2.24, 2.45) is 0 Å². The molecule has 0 radical (unpaired) electrons. The van der Waals surface area contributed by atoms with Crippen LogP contribution in [0.5, 0.6) is 0 Å². The van der Waals surface area contributed by atoms with Gasteiger partial charge in [0.25, 0.3) is 0 Å². The highest BCUT2D eigenvalue weighted by molar-refractivity contribution is 6.19. The molecular formula is C37H38N8O. The second-order valence-corrected chi connectivity index (χ2v) is 12.8. The first kappa shape index (κ1) is 28.7. The van der Waals surface area contributed by atoms with Crippen LogP contribution in [0, 0.1) is 0 Å². The molecule has 6 aromatic rings. The number of aromatic nitrogens is 6. The van der Waals surface area contributed by atoms with Crippen molar-refractivity contribution in [2.45, 2.75) is 51.6 Å². The van der Waals surface area contributed by atoms with Gasteiger partial charge >= 0.3 is 0 Å². The molecule has 0 atom stereocenters. The first-order valence-electron chi connectivity index (χ1n) is 16.5. The maximum Gasteiger partial charge on any atom is 0.234 e. The second-order valence-electron chi connectivity index (χ2n) is 12.8. The Bertz CT molecular complexity index is 1870. The minimum absolute atomic E-state index is 0.222. The summed E-state index contributed by atoms with van der Waals surface area (Å²) in [5, 5.41) is 16.6. The van der Waals surface area contributed by atoms with E-state index in [-0.39, 0.29) is 5.78 Å². The number of hydrogen-bond donors (Lipinski definition) is 2. The number of carbonyl (C=O) groups is 1. The fraction of sp³-hybridized carbons (Fsp3) is 0.324. The Morgan fingerprint density at radius 1 is 0.565 bits per heavy atom. The van der Waals surface area contributed by atoms with E-state index < -0.39 is 0 Å². The van der Waals surface area contributed by atoms with Crippen molar-refractivity contribution in [3.05, 3.63) is 95.8 Å². The van der Waals surface area contributed by atoms with Crippen LogP contribution >= 0.6 is 0 Å². The number of nitrogens with one attached hydrogen (secondary N) is 2. The number of carbonyl (C=O) groups excluding carboxylic acids is 1. The van der Waals surface area contributed by atoms with Gasteiger partial charge in [0.15, 0.2) is 0 Å². The van der Waals surface area contributed by atoms with Gasteiger partial charge in [-0.05, 0) is 111 Å². The lowest BCUT2D eigenvalue weighted by Crippen LogP contribution is -2.29. The lowest BCUT2D eigenvalue weighted by molar-refractivity contribution is 0.103. The van der Waals surface area contributed by atoms with Gasteiger partial charge in [0.2, 0.25) is 5.78 Å². The number of ketones is 1. The quantitative estimate of drug-likeness (QED) is 0.183. The number of aromatic amines is 2. The number of fused-ring (bicyclic) bond motifs is 2. The van der Waals surface area contributed by atoms with Crippen molar-refractivity contribution in [3.8, 4) is 22.3 Å².